The molecule has 0 spiro atoms. The minimum Gasteiger partial charge on any atom is -0.493 e. The molecule has 1 N–H and O–H groups in total. The molecule has 1 heterocycles. The summed E-state index contributed by atoms with van der Waals surface area (Å²) in [6.45, 7) is 0.775. The number of carbonyl (C=O) groups is 1. The Morgan fingerprint density at radius 2 is 1.93 bits per heavy atom. The first-order valence-corrected chi connectivity index (χ1v) is 9.34. The number of rotatable bonds is 8. The van der Waals surface area contributed by atoms with Crippen LogP contribution in [0.3, 0.4) is 0 Å². The lowest BCUT2D eigenvalue weighted by atomic mass is 10.2. The van der Waals surface area contributed by atoms with Gasteiger partial charge in [0.25, 0.3) is 0 Å². The molecule has 30 heavy (non-hydrogen) atoms. The standard InChI is InChI=1S/C21H20F3N3O3/c1-13(19-7-6-17(10-26-19)30-12-21(22,23)24)27-20(28)18-8-15(18)11-29-16-4-2-14(9-25)3-5-16/h2-7,10,13,15,18H,8,11-12H2,1H3,(H,27,28)/t13?,15-,18+/m0/s1. The second-order valence-corrected chi connectivity index (χ2v) is 7.10. The van der Waals surface area contributed by atoms with Crippen LogP contribution in [0.2, 0.25) is 0 Å². The highest BCUT2D eigenvalue weighted by Crippen LogP contribution is 2.39. The topological polar surface area (TPSA) is 84.2 Å². The number of aromatic nitrogens is 1. The number of nitrogens with one attached hydrogen (secondary N) is 1. The quantitative estimate of drug-likeness (QED) is 0.704. The molecular weight excluding hydrogens is 399 g/mol. The maximum Gasteiger partial charge on any atom is 0.422 e. The molecule has 1 fully saturated rings. The average molecular weight is 419 g/mol. The first-order chi connectivity index (χ1) is 14.2. The SMILES string of the molecule is CC(NC(=O)[C@@H]1C[C@H]1COc1ccc(C#N)cc1)c1ccc(OCC(F)(F)F)cn1. The summed E-state index contributed by atoms with van der Waals surface area (Å²) in [6.07, 6.45) is -2.49. The highest BCUT2D eigenvalue weighted by atomic mass is 19.4. The second-order valence-electron chi connectivity index (χ2n) is 7.10. The van der Waals surface area contributed by atoms with Gasteiger partial charge < -0.3 is 14.8 Å². The van der Waals surface area contributed by atoms with Crippen LogP contribution in [-0.4, -0.2) is 30.3 Å². The molecule has 0 saturated heterocycles. The van der Waals surface area contributed by atoms with E-state index in [1.165, 1.54) is 18.3 Å². The number of benzene rings is 1. The van der Waals surface area contributed by atoms with Gasteiger partial charge in [-0.3, -0.25) is 9.78 Å². The lowest BCUT2D eigenvalue weighted by molar-refractivity contribution is -0.153. The molecule has 9 heteroatoms. The number of nitrogens with zero attached hydrogens (tertiary/aromatic N) is 2. The van der Waals surface area contributed by atoms with Gasteiger partial charge in [0, 0.05) is 11.8 Å². The van der Waals surface area contributed by atoms with Crippen LogP contribution in [0.15, 0.2) is 42.6 Å². The monoisotopic (exact) mass is 419 g/mol. The number of nitriles is 1. The lowest BCUT2D eigenvalue weighted by Crippen LogP contribution is -2.29. The Hall–Kier alpha value is -3.28. The molecule has 1 aliphatic carbocycles. The summed E-state index contributed by atoms with van der Waals surface area (Å²) in [5.74, 6) is 0.497. The zero-order chi connectivity index (χ0) is 21.7. The number of hydrogen-bond donors (Lipinski definition) is 1. The van der Waals surface area contributed by atoms with Gasteiger partial charge in [-0.15, -0.1) is 0 Å². The smallest absolute Gasteiger partial charge is 0.422 e. The van der Waals surface area contributed by atoms with E-state index in [0.29, 0.717) is 30.0 Å². The van der Waals surface area contributed by atoms with Crippen molar-refractivity contribution in [2.75, 3.05) is 13.2 Å². The zero-order valence-electron chi connectivity index (χ0n) is 16.1. The predicted molar refractivity (Wildman–Crippen MR) is 101 cm³/mol. The van der Waals surface area contributed by atoms with Crippen LogP contribution in [0.5, 0.6) is 11.5 Å². The third-order valence-corrected chi connectivity index (χ3v) is 4.67. The molecular formula is C21H20F3N3O3. The third-order valence-electron chi connectivity index (χ3n) is 4.67. The zero-order valence-corrected chi connectivity index (χ0v) is 16.1. The largest absolute Gasteiger partial charge is 0.493 e. The Kier molecular flexibility index (Phi) is 6.45. The maximum absolute atomic E-state index is 12.4. The highest BCUT2D eigenvalue weighted by Gasteiger charge is 2.43. The maximum atomic E-state index is 12.4. The molecule has 2 aromatic rings. The highest BCUT2D eigenvalue weighted by molar-refractivity contribution is 5.81. The second kappa shape index (κ2) is 9.03. The Bertz CT molecular complexity index is 908. The van der Waals surface area contributed by atoms with E-state index >= 15 is 0 Å². The number of pyridine rings is 1. The van der Waals surface area contributed by atoms with Crippen molar-refractivity contribution in [3.05, 3.63) is 53.9 Å². The van der Waals surface area contributed by atoms with Gasteiger partial charge in [0.05, 0.1) is 36.2 Å². The molecule has 1 saturated carbocycles. The molecule has 1 unspecified atom stereocenters. The van der Waals surface area contributed by atoms with Crippen molar-refractivity contribution in [2.45, 2.75) is 25.6 Å². The number of alkyl halides is 3. The molecule has 3 atom stereocenters. The fraction of sp³-hybridized carbons (Fsp3) is 0.381. The van der Waals surface area contributed by atoms with Crippen LogP contribution in [0.1, 0.15) is 30.6 Å². The van der Waals surface area contributed by atoms with Crippen molar-refractivity contribution in [3.63, 3.8) is 0 Å². The summed E-state index contributed by atoms with van der Waals surface area (Å²) in [6, 6.07) is 11.3. The van der Waals surface area contributed by atoms with Gasteiger partial charge in [0.1, 0.15) is 11.5 Å². The number of halogens is 3. The van der Waals surface area contributed by atoms with E-state index in [9.17, 15) is 18.0 Å². The van der Waals surface area contributed by atoms with Crippen molar-refractivity contribution in [1.29, 1.82) is 5.26 Å². The molecule has 1 aromatic heterocycles. The van der Waals surface area contributed by atoms with Crippen molar-refractivity contribution < 1.29 is 27.4 Å². The summed E-state index contributed by atoms with van der Waals surface area (Å²) >= 11 is 0. The van der Waals surface area contributed by atoms with Crippen LogP contribution in [0.4, 0.5) is 13.2 Å². The average Bonchev–Trinajstić information content (AvgIpc) is 3.51. The van der Waals surface area contributed by atoms with E-state index in [-0.39, 0.29) is 23.5 Å². The van der Waals surface area contributed by atoms with Gasteiger partial charge >= 0.3 is 6.18 Å². The lowest BCUT2D eigenvalue weighted by Gasteiger charge is -2.14. The van der Waals surface area contributed by atoms with E-state index in [1.54, 1.807) is 31.2 Å². The van der Waals surface area contributed by atoms with Crippen LogP contribution in [0, 0.1) is 23.2 Å². The summed E-state index contributed by atoms with van der Waals surface area (Å²) in [7, 11) is 0. The number of hydrogen-bond acceptors (Lipinski definition) is 5. The molecule has 3 rings (SSSR count). The summed E-state index contributed by atoms with van der Waals surface area (Å²) in [5, 5.41) is 11.6. The minimum absolute atomic E-state index is 0.0109. The van der Waals surface area contributed by atoms with Crippen molar-refractivity contribution in [2.24, 2.45) is 11.8 Å². The Balaban J connectivity index is 1.43. The first kappa shape index (κ1) is 21.4. The molecule has 6 nitrogen and oxygen atoms in total. The van der Waals surface area contributed by atoms with E-state index in [1.807, 2.05) is 6.07 Å². The summed E-state index contributed by atoms with van der Waals surface area (Å²) in [4.78, 5) is 16.5. The molecule has 1 amide bonds. The Labute approximate surface area is 171 Å². The fourth-order valence-electron chi connectivity index (χ4n) is 2.87. The van der Waals surface area contributed by atoms with Gasteiger partial charge in [0.15, 0.2) is 6.61 Å². The number of ether oxygens (including phenoxy) is 2. The third kappa shape index (κ3) is 6.11. The van der Waals surface area contributed by atoms with E-state index < -0.39 is 18.8 Å². The van der Waals surface area contributed by atoms with Crippen molar-refractivity contribution in [3.8, 4) is 17.6 Å². The molecule has 0 bridgehead atoms. The Morgan fingerprint density at radius 3 is 2.53 bits per heavy atom. The number of amides is 1. The van der Waals surface area contributed by atoms with Gasteiger partial charge in [0.2, 0.25) is 5.91 Å². The van der Waals surface area contributed by atoms with Gasteiger partial charge in [-0.2, -0.15) is 18.4 Å². The molecule has 1 aliphatic rings. The Morgan fingerprint density at radius 1 is 1.23 bits per heavy atom. The number of carbonyl (C=O) groups excluding carboxylic acids is 1. The van der Waals surface area contributed by atoms with Crippen LogP contribution in [-0.2, 0) is 4.79 Å². The predicted octanol–water partition coefficient (Wildman–Crippen LogP) is 3.79. The van der Waals surface area contributed by atoms with Gasteiger partial charge in [-0.05, 0) is 49.7 Å². The van der Waals surface area contributed by atoms with E-state index in [2.05, 4.69) is 15.0 Å². The first-order valence-electron chi connectivity index (χ1n) is 9.34. The van der Waals surface area contributed by atoms with E-state index in [0.717, 1.165) is 0 Å². The molecule has 158 valence electrons. The van der Waals surface area contributed by atoms with Crippen molar-refractivity contribution in [1.82, 2.24) is 10.3 Å². The molecule has 0 aliphatic heterocycles. The van der Waals surface area contributed by atoms with Crippen LogP contribution < -0.4 is 14.8 Å². The molecule has 0 radical (unpaired) electrons. The van der Waals surface area contributed by atoms with E-state index in [4.69, 9.17) is 10.00 Å². The van der Waals surface area contributed by atoms with Crippen molar-refractivity contribution >= 4 is 5.91 Å². The summed E-state index contributed by atoms with van der Waals surface area (Å²) in [5.41, 5.74) is 1.07. The van der Waals surface area contributed by atoms with Gasteiger partial charge in [-0.1, -0.05) is 0 Å². The van der Waals surface area contributed by atoms with Crippen LogP contribution >= 0.6 is 0 Å². The fourth-order valence-corrected chi connectivity index (χ4v) is 2.87. The minimum atomic E-state index is -4.41. The normalized spacial score (nSPS) is 18.8. The van der Waals surface area contributed by atoms with Gasteiger partial charge in [-0.25, -0.2) is 0 Å². The summed E-state index contributed by atoms with van der Waals surface area (Å²) < 4.78 is 46.8. The molecule has 1 aromatic carbocycles. The van der Waals surface area contributed by atoms with Crippen LogP contribution in [0.25, 0.3) is 0 Å².